The van der Waals surface area contributed by atoms with Gasteiger partial charge in [0.05, 0.1) is 6.54 Å². The van der Waals surface area contributed by atoms with Crippen molar-refractivity contribution in [2.45, 2.75) is 6.92 Å². The minimum Gasteiger partial charge on any atom is -0.368 e. The maximum atomic E-state index is 12.3. The lowest BCUT2D eigenvalue weighted by atomic mass is 10.1. The fourth-order valence-corrected chi connectivity index (χ4v) is 3.23. The summed E-state index contributed by atoms with van der Waals surface area (Å²) in [5.41, 5.74) is 2.11. The van der Waals surface area contributed by atoms with Crippen LogP contribution in [0.4, 0.5) is 16.2 Å². The van der Waals surface area contributed by atoms with Gasteiger partial charge in [-0.3, -0.25) is 9.59 Å². The van der Waals surface area contributed by atoms with E-state index < -0.39 is 0 Å². The van der Waals surface area contributed by atoms with E-state index in [0.29, 0.717) is 42.5 Å². The van der Waals surface area contributed by atoms with Gasteiger partial charge >= 0.3 is 6.03 Å². The first-order chi connectivity index (χ1) is 13.9. The lowest BCUT2D eigenvalue weighted by Crippen LogP contribution is -2.52. The quantitative estimate of drug-likeness (QED) is 0.737. The summed E-state index contributed by atoms with van der Waals surface area (Å²) in [4.78, 5) is 39.7. The Morgan fingerprint density at radius 2 is 1.69 bits per heavy atom. The molecule has 0 spiro atoms. The lowest BCUT2D eigenvalue weighted by Gasteiger charge is -2.36. The summed E-state index contributed by atoms with van der Waals surface area (Å²) in [6, 6.07) is 14.0. The third-order valence-corrected chi connectivity index (χ3v) is 4.96. The van der Waals surface area contributed by atoms with Gasteiger partial charge in [-0.05, 0) is 43.3 Å². The Morgan fingerprint density at radius 3 is 2.34 bits per heavy atom. The van der Waals surface area contributed by atoms with Crippen molar-refractivity contribution in [1.82, 2.24) is 10.2 Å². The Kier molecular flexibility index (Phi) is 6.72. The number of Topliss-reactive ketones (excluding diaryl/α,β-unsaturated/α-hetero) is 1. The minimum absolute atomic E-state index is 0.0767. The van der Waals surface area contributed by atoms with Crippen LogP contribution in [0.2, 0.25) is 5.02 Å². The molecule has 0 aliphatic carbocycles. The van der Waals surface area contributed by atoms with Crippen LogP contribution in [0.5, 0.6) is 0 Å². The molecule has 29 heavy (non-hydrogen) atoms. The van der Waals surface area contributed by atoms with E-state index in [2.05, 4.69) is 15.5 Å². The van der Waals surface area contributed by atoms with E-state index in [1.807, 2.05) is 24.3 Å². The van der Waals surface area contributed by atoms with Crippen LogP contribution in [0.15, 0.2) is 48.5 Å². The number of anilines is 2. The van der Waals surface area contributed by atoms with E-state index in [9.17, 15) is 14.4 Å². The average molecular weight is 415 g/mol. The Labute approximate surface area is 174 Å². The van der Waals surface area contributed by atoms with Gasteiger partial charge in [0, 0.05) is 48.1 Å². The molecule has 1 aliphatic heterocycles. The summed E-state index contributed by atoms with van der Waals surface area (Å²) in [6.07, 6.45) is 0. The third-order valence-electron chi connectivity index (χ3n) is 4.71. The predicted molar refractivity (Wildman–Crippen MR) is 114 cm³/mol. The highest BCUT2D eigenvalue weighted by atomic mass is 35.5. The third kappa shape index (κ3) is 5.71. The molecule has 3 rings (SSSR count). The number of nitrogens with one attached hydrogen (secondary N) is 2. The van der Waals surface area contributed by atoms with Gasteiger partial charge < -0.3 is 20.4 Å². The number of amides is 3. The van der Waals surface area contributed by atoms with Crippen LogP contribution in [-0.2, 0) is 4.79 Å². The van der Waals surface area contributed by atoms with Crippen molar-refractivity contribution in [3.63, 3.8) is 0 Å². The predicted octanol–water partition coefficient (Wildman–Crippen LogP) is 3.01. The zero-order valence-electron chi connectivity index (χ0n) is 16.2. The van der Waals surface area contributed by atoms with Gasteiger partial charge in [0.1, 0.15) is 0 Å². The van der Waals surface area contributed by atoms with Crippen molar-refractivity contribution in [3.05, 3.63) is 59.1 Å². The maximum Gasteiger partial charge on any atom is 0.317 e. The molecule has 1 fully saturated rings. The zero-order valence-corrected chi connectivity index (χ0v) is 16.9. The molecule has 7 nitrogen and oxygen atoms in total. The first-order valence-corrected chi connectivity index (χ1v) is 9.74. The second kappa shape index (κ2) is 9.43. The van der Waals surface area contributed by atoms with Gasteiger partial charge in [0.25, 0.3) is 0 Å². The molecule has 2 aromatic carbocycles. The second-order valence-corrected chi connectivity index (χ2v) is 7.23. The SMILES string of the molecule is CC(=O)c1cccc(NC(=O)CNC(=O)N2CCN(c3ccc(Cl)cc3)CC2)c1. The second-order valence-electron chi connectivity index (χ2n) is 6.79. The first kappa shape index (κ1) is 20.7. The molecule has 3 amide bonds. The normalized spacial score (nSPS) is 13.7. The van der Waals surface area contributed by atoms with Crippen molar-refractivity contribution in [2.75, 3.05) is 42.9 Å². The molecule has 2 aromatic rings. The van der Waals surface area contributed by atoms with Crippen LogP contribution in [0.1, 0.15) is 17.3 Å². The molecule has 8 heteroatoms. The number of hydrogen-bond acceptors (Lipinski definition) is 4. The summed E-state index contributed by atoms with van der Waals surface area (Å²) >= 11 is 5.92. The highest BCUT2D eigenvalue weighted by molar-refractivity contribution is 6.30. The van der Waals surface area contributed by atoms with Gasteiger partial charge in [-0.15, -0.1) is 0 Å². The Morgan fingerprint density at radius 1 is 1.00 bits per heavy atom. The Hall–Kier alpha value is -3.06. The lowest BCUT2D eigenvalue weighted by molar-refractivity contribution is -0.115. The summed E-state index contributed by atoms with van der Waals surface area (Å²) in [6.45, 7) is 3.88. The van der Waals surface area contributed by atoms with Gasteiger partial charge in [-0.1, -0.05) is 23.7 Å². The monoisotopic (exact) mass is 414 g/mol. The van der Waals surface area contributed by atoms with Crippen LogP contribution in [0.25, 0.3) is 0 Å². The van der Waals surface area contributed by atoms with Crippen LogP contribution in [-0.4, -0.2) is 55.3 Å². The molecule has 0 atom stereocenters. The number of hydrogen-bond donors (Lipinski definition) is 2. The van der Waals surface area contributed by atoms with Gasteiger partial charge in [-0.25, -0.2) is 4.79 Å². The zero-order chi connectivity index (χ0) is 20.8. The fourth-order valence-electron chi connectivity index (χ4n) is 3.11. The van der Waals surface area contributed by atoms with Crippen LogP contribution in [0, 0.1) is 0 Å². The number of halogens is 1. The molecular weight excluding hydrogens is 392 g/mol. The van der Waals surface area contributed by atoms with E-state index in [-0.39, 0.29) is 24.3 Å². The smallest absolute Gasteiger partial charge is 0.317 e. The molecule has 0 unspecified atom stereocenters. The van der Waals surface area contributed by atoms with E-state index in [0.717, 1.165) is 5.69 Å². The van der Waals surface area contributed by atoms with Gasteiger partial charge in [-0.2, -0.15) is 0 Å². The maximum absolute atomic E-state index is 12.3. The number of benzene rings is 2. The van der Waals surface area contributed by atoms with E-state index in [1.165, 1.54) is 6.92 Å². The van der Waals surface area contributed by atoms with Gasteiger partial charge in [0.15, 0.2) is 5.78 Å². The van der Waals surface area contributed by atoms with E-state index >= 15 is 0 Å². The number of carbonyl (C=O) groups is 3. The van der Waals surface area contributed by atoms with Crippen LogP contribution >= 0.6 is 11.6 Å². The molecular formula is C21H23ClN4O3. The molecule has 1 saturated heterocycles. The van der Waals surface area contributed by atoms with Crippen molar-refractivity contribution < 1.29 is 14.4 Å². The van der Waals surface area contributed by atoms with E-state index in [1.54, 1.807) is 29.2 Å². The fraction of sp³-hybridized carbons (Fsp3) is 0.286. The number of urea groups is 1. The number of nitrogens with zero attached hydrogens (tertiary/aromatic N) is 2. The highest BCUT2D eigenvalue weighted by Crippen LogP contribution is 2.19. The van der Waals surface area contributed by atoms with Crippen molar-refractivity contribution in [3.8, 4) is 0 Å². The average Bonchev–Trinajstić information content (AvgIpc) is 2.73. The molecule has 152 valence electrons. The number of carbonyl (C=O) groups excluding carboxylic acids is 3. The van der Waals surface area contributed by atoms with E-state index in [4.69, 9.17) is 11.6 Å². The van der Waals surface area contributed by atoms with Crippen LogP contribution < -0.4 is 15.5 Å². The molecule has 2 N–H and O–H groups in total. The summed E-state index contributed by atoms with van der Waals surface area (Å²) in [5, 5.41) is 6.02. The van der Waals surface area contributed by atoms with Crippen molar-refractivity contribution in [1.29, 1.82) is 0 Å². The van der Waals surface area contributed by atoms with Crippen molar-refractivity contribution in [2.24, 2.45) is 0 Å². The Balaban J connectivity index is 1.44. The molecule has 1 aliphatic rings. The summed E-state index contributed by atoms with van der Waals surface area (Å²) < 4.78 is 0. The summed E-state index contributed by atoms with van der Waals surface area (Å²) in [5.74, 6) is -0.425. The number of rotatable bonds is 5. The highest BCUT2D eigenvalue weighted by Gasteiger charge is 2.21. The topological polar surface area (TPSA) is 81.8 Å². The standard InChI is InChI=1S/C21H23ClN4O3/c1-15(27)16-3-2-4-18(13-16)24-20(28)14-23-21(29)26-11-9-25(10-12-26)19-7-5-17(22)6-8-19/h2-8,13H,9-12,14H2,1H3,(H,23,29)(H,24,28). The van der Waals surface area contributed by atoms with Gasteiger partial charge in [0.2, 0.25) is 5.91 Å². The molecule has 1 heterocycles. The summed E-state index contributed by atoms with van der Waals surface area (Å²) in [7, 11) is 0. The first-order valence-electron chi connectivity index (χ1n) is 9.36. The number of piperazine rings is 1. The molecule has 0 radical (unpaired) electrons. The molecule has 0 aromatic heterocycles. The Bertz CT molecular complexity index is 893. The van der Waals surface area contributed by atoms with Crippen LogP contribution in [0.3, 0.4) is 0 Å². The number of ketones is 1. The molecule has 0 bridgehead atoms. The van der Waals surface area contributed by atoms with Crippen molar-refractivity contribution >= 4 is 40.7 Å². The largest absolute Gasteiger partial charge is 0.368 e. The molecule has 0 saturated carbocycles. The minimum atomic E-state index is -0.348.